The third kappa shape index (κ3) is 3.63. The number of nitrogens with zero attached hydrogens (tertiary/aromatic N) is 2. The molecule has 6 nitrogen and oxygen atoms in total. The highest BCUT2D eigenvalue weighted by molar-refractivity contribution is 6.37. The molecule has 2 aromatic carbocycles. The van der Waals surface area contributed by atoms with E-state index in [1.54, 1.807) is 12.1 Å². The Morgan fingerprint density at radius 3 is 2.65 bits per heavy atom. The van der Waals surface area contributed by atoms with Crippen molar-refractivity contribution in [2.75, 3.05) is 7.11 Å². The zero-order valence-electron chi connectivity index (χ0n) is 13.4. The number of benzene rings is 2. The summed E-state index contributed by atoms with van der Waals surface area (Å²) < 4.78 is 24.3. The van der Waals surface area contributed by atoms with E-state index in [-0.39, 0.29) is 45.2 Å². The number of halogens is 3. The van der Waals surface area contributed by atoms with E-state index >= 15 is 0 Å². The fraction of sp³-hybridized carbons (Fsp3) is 0.118. The van der Waals surface area contributed by atoms with Crippen LogP contribution in [0, 0.1) is 5.82 Å². The van der Waals surface area contributed by atoms with Crippen LogP contribution in [0.4, 0.5) is 4.39 Å². The molecule has 9 heteroatoms. The van der Waals surface area contributed by atoms with Crippen LogP contribution in [-0.4, -0.2) is 23.2 Å². The van der Waals surface area contributed by atoms with Gasteiger partial charge in [-0.05, 0) is 24.3 Å². The topological polar surface area (TPSA) is 77.2 Å². The minimum Gasteiger partial charge on any atom is -0.494 e. The lowest BCUT2D eigenvalue weighted by molar-refractivity contribution is 0.0944. The Bertz CT molecular complexity index is 962. The summed E-state index contributed by atoms with van der Waals surface area (Å²) >= 11 is 12.1. The Kier molecular flexibility index (Phi) is 5.39. The van der Waals surface area contributed by atoms with Gasteiger partial charge in [-0.3, -0.25) is 4.79 Å². The van der Waals surface area contributed by atoms with Crippen molar-refractivity contribution in [3.05, 3.63) is 63.7 Å². The predicted octanol–water partition coefficient (Wildman–Crippen LogP) is 4.12. The highest BCUT2D eigenvalue weighted by Gasteiger charge is 2.20. The third-order valence-corrected chi connectivity index (χ3v) is 4.07. The summed E-state index contributed by atoms with van der Waals surface area (Å²) in [5.41, 5.74) is 0.271. The summed E-state index contributed by atoms with van der Waals surface area (Å²) in [5, 5.41) is 10.6. The Hall–Kier alpha value is -2.64. The molecule has 0 saturated heterocycles. The van der Waals surface area contributed by atoms with Crippen LogP contribution in [0.25, 0.3) is 11.5 Å². The van der Waals surface area contributed by atoms with E-state index in [0.29, 0.717) is 0 Å². The summed E-state index contributed by atoms with van der Waals surface area (Å²) in [6, 6.07) is 9.02. The molecular formula is C17H12Cl2FN3O3. The molecule has 0 unspecified atom stereocenters. The van der Waals surface area contributed by atoms with Gasteiger partial charge < -0.3 is 14.5 Å². The second-order valence-corrected chi connectivity index (χ2v) is 5.92. The molecular weight excluding hydrogens is 384 g/mol. The van der Waals surface area contributed by atoms with Crippen molar-refractivity contribution >= 4 is 29.1 Å². The average Bonchev–Trinajstić information content (AvgIpc) is 3.10. The molecule has 0 radical (unpaired) electrons. The van der Waals surface area contributed by atoms with Gasteiger partial charge in [0.25, 0.3) is 11.8 Å². The second-order valence-electron chi connectivity index (χ2n) is 5.10. The minimum atomic E-state index is -0.528. The Balaban J connectivity index is 1.76. The van der Waals surface area contributed by atoms with Gasteiger partial charge in [-0.25, -0.2) is 4.39 Å². The normalized spacial score (nSPS) is 10.6. The summed E-state index contributed by atoms with van der Waals surface area (Å²) in [6.45, 7) is -0.0771. The van der Waals surface area contributed by atoms with Crippen LogP contribution < -0.4 is 10.1 Å². The van der Waals surface area contributed by atoms with Gasteiger partial charge >= 0.3 is 0 Å². The van der Waals surface area contributed by atoms with E-state index in [4.69, 9.17) is 32.4 Å². The first kappa shape index (κ1) is 18.2. The van der Waals surface area contributed by atoms with Gasteiger partial charge in [0.05, 0.1) is 29.3 Å². The summed E-state index contributed by atoms with van der Waals surface area (Å²) in [5.74, 6) is -0.726. The lowest BCUT2D eigenvalue weighted by atomic mass is 10.2. The number of carbonyl (C=O) groups excluding carboxylic acids is 1. The van der Waals surface area contributed by atoms with Crippen molar-refractivity contribution in [3.63, 3.8) is 0 Å². The first-order valence-corrected chi connectivity index (χ1v) is 8.14. The van der Waals surface area contributed by atoms with Crippen LogP contribution in [0.5, 0.6) is 5.75 Å². The molecule has 0 atom stereocenters. The molecule has 1 aromatic heterocycles. The first-order chi connectivity index (χ1) is 12.5. The fourth-order valence-corrected chi connectivity index (χ4v) is 2.73. The van der Waals surface area contributed by atoms with Crippen molar-refractivity contribution < 1.29 is 18.3 Å². The van der Waals surface area contributed by atoms with Crippen LogP contribution in [0.15, 0.2) is 40.8 Å². The molecule has 1 heterocycles. The number of ether oxygens (including phenoxy) is 1. The number of hydrogen-bond donors (Lipinski definition) is 1. The molecule has 0 saturated carbocycles. The summed E-state index contributed by atoms with van der Waals surface area (Å²) in [4.78, 5) is 12.4. The number of nitrogens with one attached hydrogen (secondary N) is 1. The van der Waals surface area contributed by atoms with Gasteiger partial charge in [0.15, 0.2) is 5.75 Å². The zero-order chi connectivity index (χ0) is 18.7. The lowest BCUT2D eigenvalue weighted by Gasteiger charge is -2.11. The molecule has 3 aromatic rings. The highest BCUT2D eigenvalue weighted by Crippen LogP contribution is 2.33. The molecule has 0 bridgehead atoms. The Morgan fingerprint density at radius 2 is 1.92 bits per heavy atom. The molecule has 0 aliphatic rings. The van der Waals surface area contributed by atoms with Crippen molar-refractivity contribution in [2.45, 2.75) is 6.54 Å². The SMILES string of the molecule is COc1c(Cl)ccc(Cl)c1C(=O)NCc1nnc(-c2ccccc2F)o1. The van der Waals surface area contributed by atoms with Crippen LogP contribution in [0.1, 0.15) is 16.2 Å². The second kappa shape index (κ2) is 7.72. The number of methoxy groups -OCH3 is 1. The van der Waals surface area contributed by atoms with E-state index in [0.717, 1.165) is 0 Å². The number of rotatable bonds is 5. The minimum absolute atomic E-state index is 0.0192. The van der Waals surface area contributed by atoms with Gasteiger partial charge in [-0.15, -0.1) is 10.2 Å². The van der Waals surface area contributed by atoms with Gasteiger partial charge in [-0.1, -0.05) is 35.3 Å². The third-order valence-electron chi connectivity index (χ3n) is 3.46. The maximum Gasteiger partial charge on any atom is 0.257 e. The van der Waals surface area contributed by atoms with Crippen molar-refractivity contribution in [1.29, 1.82) is 0 Å². The Morgan fingerprint density at radius 1 is 1.19 bits per heavy atom. The van der Waals surface area contributed by atoms with Crippen LogP contribution in [0.3, 0.4) is 0 Å². The number of carbonyl (C=O) groups is 1. The van der Waals surface area contributed by atoms with E-state index in [9.17, 15) is 9.18 Å². The molecule has 134 valence electrons. The van der Waals surface area contributed by atoms with E-state index in [1.807, 2.05) is 0 Å². The maximum atomic E-state index is 13.7. The van der Waals surface area contributed by atoms with Crippen molar-refractivity contribution in [1.82, 2.24) is 15.5 Å². The fourth-order valence-electron chi connectivity index (χ4n) is 2.26. The van der Waals surface area contributed by atoms with Gasteiger partial charge in [0, 0.05) is 0 Å². The average molecular weight is 396 g/mol. The summed E-state index contributed by atoms with van der Waals surface area (Å²) in [6.07, 6.45) is 0. The largest absolute Gasteiger partial charge is 0.494 e. The molecule has 1 amide bonds. The van der Waals surface area contributed by atoms with Crippen LogP contribution in [0.2, 0.25) is 10.0 Å². The summed E-state index contributed by atoms with van der Waals surface area (Å²) in [7, 11) is 1.38. The van der Waals surface area contributed by atoms with Gasteiger partial charge in [0.1, 0.15) is 11.4 Å². The van der Waals surface area contributed by atoms with Gasteiger partial charge in [-0.2, -0.15) is 0 Å². The van der Waals surface area contributed by atoms with E-state index < -0.39 is 11.7 Å². The molecule has 26 heavy (non-hydrogen) atoms. The number of aromatic nitrogens is 2. The maximum absolute atomic E-state index is 13.7. The molecule has 0 fully saturated rings. The lowest BCUT2D eigenvalue weighted by Crippen LogP contribution is -2.24. The standard InChI is InChI=1S/C17H12Cl2FN3O3/c1-25-15-11(19)7-6-10(18)14(15)16(24)21-8-13-22-23-17(26-13)9-4-2-3-5-12(9)20/h2-7H,8H2,1H3,(H,21,24). The highest BCUT2D eigenvalue weighted by atomic mass is 35.5. The van der Waals surface area contributed by atoms with Crippen LogP contribution >= 0.6 is 23.2 Å². The smallest absolute Gasteiger partial charge is 0.257 e. The van der Waals surface area contributed by atoms with Crippen molar-refractivity contribution in [3.8, 4) is 17.2 Å². The van der Waals surface area contributed by atoms with E-state index in [2.05, 4.69) is 15.5 Å². The van der Waals surface area contributed by atoms with Gasteiger partial charge in [0.2, 0.25) is 5.89 Å². The number of amides is 1. The molecule has 3 rings (SSSR count). The number of hydrogen-bond acceptors (Lipinski definition) is 5. The Labute approximate surface area is 157 Å². The molecule has 0 aliphatic carbocycles. The molecule has 0 spiro atoms. The van der Waals surface area contributed by atoms with Crippen molar-refractivity contribution in [2.24, 2.45) is 0 Å². The van der Waals surface area contributed by atoms with E-state index in [1.165, 1.54) is 31.4 Å². The predicted molar refractivity (Wildman–Crippen MR) is 93.9 cm³/mol. The zero-order valence-corrected chi connectivity index (χ0v) is 14.9. The van der Waals surface area contributed by atoms with Crippen LogP contribution in [-0.2, 0) is 6.54 Å². The first-order valence-electron chi connectivity index (χ1n) is 7.38. The monoisotopic (exact) mass is 395 g/mol. The molecule has 0 aliphatic heterocycles. The molecule has 1 N–H and O–H groups in total. The quantitative estimate of drug-likeness (QED) is 0.702.